The Balaban J connectivity index is 1.70. The van der Waals surface area contributed by atoms with Gasteiger partial charge in [-0.3, -0.25) is 10.2 Å². The van der Waals surface area contributed by atoms with Crippen molar-refractivity contribution in [1.29, 1.82) is 0 Å². The Morgan fingerprint density at radius 3 is 2.94 bits per heavy atom. The van der Waals surface area contributed by atoms with Crippen molar-refractivity contribution in [3.8, 4) is 0 Å². The van der Waals surface area contributed by atoms with Crippen LogP contribution in [0.15, 0.2) is 36.7 Å². The van der Waals surface area contributed by atoms with Gasteiger partial charge in [-0.2, -0.15) is 10.2 Å². The second-order valence-corrected chi connectivity index (χ2v) is 3.94. The molecule has 0 spiro atoms. The number of nitrogens with zero attached hydrogens (tertiary/aromatic N) is 2. The number of hydrogen-bond donors (Lipinski definition) is 3. The van der Waals surface area contributed by atoms with Gasteiger partial charge in [0, 0.05) is 30.4 Å². The fourth-order valence-electron chi connectivity index (χ4n) is 1.89. The SMILES string of the molecule is c1cc(CNCc2ccn[nH]2)c2[nH]ncc2c1. The van der Waals surface area contributed by atoms with Crippen molar-refractivity contribution in [3.05, 3.63) is 47.9 Å². The minimum atomic E-state index is 0.782. The van der Waals surface area contributed by atoms with Gasteiger partial charge in [-0.05, 0) is 11.6 Å². The Morgan fingerprint density at radius 2 is 2.06 bits per heavy atom. The minimum absolute atomic E-state index is 0.782. The maximum Gasteiger partial charge on any atom is 0.0695 e. The molecule has 3 N–H and O–H groups in total. The van der Waals surface area contributed by atoms with Crippen LogP contribution in [0.4, 0.5) is 0 Å². The zero-order valence-electron chi connectivity index (χ0n) is 9.27. The summed E-state index contributed by atoms with van der Waals surface area (Å²) in [5.74, 6) is 0. The van der Waals surface area contributed by atoms with E-state index in [4.69, 9.17) is 0 Å². The van der Waals surface area contributed by atoms with Crippen molar-refractivity contribution in [2.24, 2.45) is 0 Å². The van der Waals surface area contributed by atoms with Crippen molar-refractivity contribution in [1.82, 2.24) is 25.7 Å². The highest BCUT2D eigenvalue weighted by molar-refractivity contribution is 5.81. The van der Waals surface area contributed by atoms with Gasteiger partial charge < -0.3 is 5.32 Å². The summed E-state index contributed by atoms with van der Waals surface area (Å²) in [4.78, 5) is 0. The molecule has 17 heavy (non-hydrogen) atoms. The highest BCUT2D eigenvalue weighted by atomic mass is 15.1. The van der Waals surface area contributed by atoms with Crippen LogP contribution in [0.5, 0.6) is 0 Å². The molecule has 0 amide bonds. The summed E-state index contributed by atoms with van der Waals surface area (Å²) in [6, 6.07) is 8.16. The zero-order chi connectivity index (χ0) is 11.5. The Hall–Kier alpha value is -2.14. The Kier molecular flexibility index (Phi) is 2.59. The van der Waals surface area contributed by atoms with Gasteiger partial charge in [0.05, 0.1) is 11.7 Å². The molecule has 0 aliphatic carbocycles. The summed E-state index contributed by atoms with van der Waals surface area (Å²) in [6.07, 6.45) is 3.60. The molecule has 0 unspecified atom stereocenters. The number of H-pyrrole nitrogens is 2. The smallest absolute Gasteiger partial charge is 0.0695 e. The van der Waals surface area contributed by atoms with Crippen LogP contribution in [-0.4, -0.2) is 20.4 Å². The van der Waals surface area contributed by atoms with Crippen LogP contribution in [0.25, 0.3) is 10.9 Å². The molecule has 2 aromatic heterocycles. The van der Waals surface area contributed by atoms with Gasteiger partial charge in [0.1, 0.15) is 0 Å². The molecule has 3 aromatic rings. The van der Waals surface area contributed by atoms with Crippen LogP contribution in [0, 0.1) is 0 Å². The van der Waals surface area contributed by atoms with Gasteiger partial charge >= 0.3 is 0 Å². The third-order valence-electron chi connectivity index (χ3n) is 2.75. The summed E-state index contributed by atoms with van der Waals surface area (Å²) in [5.41, 5.74) is 3.41. The van der Waals surface area contributed by atoms with Crippen LogP contribution in [0.1, 0.15) is 11.3 Å². The van der Waals surface area contributed by atoms with Gasteiger partial charge in [0.25, 0.3) is 0 Å². The molecule has 2 heterocycles. The summed E-state index contributed by atoms with van der Waals surface area (Å²) < 4.78 is 0. The lowest BCUT2D eigenvalue weighted by atomic mass is 10.1. The lowest BCUT2D eigenvalue weighted by Gasteiger charge is -2.04. The van der Waals surface area contributed by atoms with E-state index >= 15 is 0 Å². The predicted octanol–water partition coefficient (Wildman–Crippen LogP) is 1.58. The van der Waals surface area contributed by atoms with Crippen LogP contribution in [-0.2, 0) is 13.1 Å². The van der Waals surface area contributed by atoms with E-state index in [2.05, 4.69) is 37.8 Å². The van der Waals surface area contributed by atoms with E-state index < -0.39 is 0 Å². The predicted molar refractivity (Wildman–Crippen MR) is 65.2 cm³/mol. The molecule has 1 aromatic carbocycles. The molecule has 0 saturated carbocycles. The maximum atomic E-state index is 4.05. The Labute approximate surface area is 98.2 Å². The van der Waals surface area contributed by atoms with E-state index in [1.165, 1.54) is 5.56 Å². The molecular formula is C12H13N5. The molecule has 0 radical (unpaired) electrons. The largest absolute Gasteiger partial charge is 0.307 e. The first-order chi connectivity index (χ1) is 8.43. The summed E-state index contributed by atoms with van der Waals surface area (Å²) in [7, 11) is 0. The van der Waals surface area contributed by atoms with E-state index in [0.29, 0.717) is 0 Å². The van der Waals surface area contributed by atoms with Gasteiger partial charge in [-0.15, -0.1) is 0 Å². The molecule has 0 aliphatic rings. The summed E-state index contributed by atoms with van der Waals surface area (Å²) >= 11 is 0. The van der Waals surface area contributed by atoms with Gasteiger partial charge in [0.2, 0.25) is 0 Å². The van der Waals surface area contributed by atoms with Crippen molar-refractivity contribution in [2.75, 3.05) is 0 Å². The van der Waals surface area contributed by atoms with Crippen LogP contribution in [0.3, 0.4) is 0 Å². The van der Waals surface area contributed by atoms with Crippen LogP contribution < -0.4 is 5.32 Å². The molecule has 0 atom stereocenters. The first-order valence-corrected chi connectivity index (χ1v) is 5.53. The number of para-hydroxylation sites is 1. The molecular weight excluding hydrogens is 214 g/mol. The Morgan fingerprint density at radius 1 is 1.06 bits per heavy atom. The summed E-state index contributed by atoms with van der Waals surface area (Å²) in [5, 5.41) is 18.4. The monoisotopic (exact) mass is 227 g/mol. The number of aromatic amines is 2. The van der Waals surface area contributed by atoms with Crippen molar-refractivity contribution in [2.45, 2.75) is 13.1 Å². The van der Waals surface area contributed by atoms with Crippen molar-refractivity contribution < 1.29 is 0 Å². The normalized spacial score (nSPS) is 11.1. The second-order valence-electron chi connectivity index (χ2n) is 3.94. The molecule has 86 valence electrons. The van der Waals surface area contributed by atoms with Gasteiger partial charge in [-0.1, -0.05) is 18.2 Å². The van der Waals surface area contributed by atoms with E-state index in [-0.39, 0.29) is 0 Å². The van der Waals surface area contributed by atoms with Crippen LogP contribution in [0.2, 0.25) is 0 Å². The zero-order valence-corrected chi connectivity index (χ0v) is 9.27. The topological polar surface area (TPSA) is 69.4 Å². The fourth-order valence-corrected chi connectivity index (χ4v) is 1.89. The number of nitrogens with one attached hydrogen (secondary N) is 3. The first-order valence-electron chi connectivity index (χ1n) is 5.53. The molecule has 3 rings (SSSR count). The Bertz CT molecular complexity index is 596. The van der Waals surface area contributed by atoms with Crippen LogP contribution >= 0.6 is 0 Å². The lowest BCUT2D eigenvalue weighted by molar-refractivity contribution is 0.679. The van der Waals surface area contributed by atoms with E-state index in [1.54, 1.807) is 6.20 Å². The number of rotatable bonds is 4. The third-order valence-corrected chi connectivity index (χ3v) is 2.75. The average molecular weight is 227 g/mol. The quantitative estimate of drug-likeness (QED) is 0.633. The highest BCUT2D eigenvalue weighted by Crippen LogP contribution is 2.15. The van der Waals surface area contributed by atoms with Crippen molar-refractivity contribution >= 4 is 10.9 Å². The highest BCUT2D eigenvalue weighted by Gasteiger charge is 2.02. The molecule has 5 nitrogen and oxygen atoms in total. The number of hydrogen-bond acceptors (Lipinski definition) is 3. The van der Waals surface area contributed by atoms with E-state index in [0.717, 1.165) is 29.7 Å². The molecule has 0 aliphatic heterocycles. The minimum Gasteiger partial charge on any atom is -0.307 e. The number of benzene rings is 1. The molecule has 0 saturated heterocycles. The standard InChI is InChI=1S/C12H13N5/c1-2-9(12-10(3-1)7-15-17-12)6-13-8-11-4-5-14-16-11/h1-5,7,13H,6,8H2,(H,14,16)(H,15,17). The molecule has 0 bridgehead atoms. The van der Waals surface area contributed by atoms with E-state index in [9.17, 15) is 0 Å². The number of aromatic nitrogens is 4. The first kappa shape index (κ1) is 10.0. The lowest BCUT2D eigenvalue weighted by Crippen LogP contribution is -2.13. The number of fused-ring (bicyclic) bond motifs is 1. The van der Waals surface area contributed by atoms with Gasteiger partial charge in [0.15, 0.2) is 0 Å². The maximum absolute atomic E-state index is 4.05. The second kappa shape index (κ2) is 4.39. The van der Waals surface area contributed by atoms with Gasteiger partial charge in [-0.25, -0.2) is 0 Å². The average Bonchev–Trinajstić information content (AvgIpc) is 2.99. The third kappa shape index (κ3) is 2.05. The molecule has 5 heteroatoms. The van der Waals surface area contributed by atoms with Crippen molar-refractivity contribution in [3.63, 3.8) is 0 Å². The van der Waals surface area contributed by atoms with E-state index in [1.807, 2.05) is 18.3 Å². The fraction of sp³-hybridized carbons (Fsp3) is 0.167. The molecule has 0 fully saturated rings. The summed E-state index contributed by atoms with van der Waals surface area (Å²) in [6.45, 7) is 1.59.